The second-order valence-electron chi connectivity index (χ2n) is 6.27. The lowest BCUT2D eigenvalue weighted by atomic mass is 10.2. The minimum Gasteiger partial charge on any atom is -0.494 e. The summed E-state index contributed by atoms with van der Waals surface area (Å²) in [5.74, 6) is 0.582. The van der Waals surface area contributed by atoms with Gasteiger partial charge >= 0.3 is 0 Å². The maximum atomic E-state index is 12.1. The van der Waals surface area contributed by atoms with Gasteiger partial charge in [0.05, 0.1) is 11.1 Å². The molecule has 0 heterocycles. The summed E-state index contributed by atoms with van der Waals surface area (Å²) in [5.41, 5.74) is 7.26. The Morgan fingerprint density at radius 1 is 1.03 bits per heavy atom. The SMILES string of the molecule is CCOc1ccc(NC(=O)C=C(C)NNC(=O)COc2cc(C)c(Br)cc2Br)cc1. The fraction of sp³-hybridized carbons (Fsp3) is 0.238. The van der Waals surface area contributed by atoms with Gasteiger partial charge in [0, 0.05) is 21.9 Å². The second-order valence-corrected chi connectivity index (χ2v) is 7.98. The third kappa shape index (κ3) is 7.72. The van der Waals surface area contributed by atoms with Crippen LogP contribution < -0.4 is 25.6 Å². The number of hydrogen-bond acceptors (Lipinski definition) is 5. The van der Waals surface area contributed by atoms with Gasteiger partial charge in [0.2, 0.25) is 5.91 Å². The highest BCUT2D eigenvalue weighted by Gasteiger charge is 2.08. The van der Waals surface area contributed by atoms with Crippen molar-refractivity contribution in [2.45, 2.75) is 20.8 Å². The zero-order valence-electron chi connectivity index (χ0n) is 16.8. The Hall–Kier alpha value is -2.52. The minimum absolute atomic E-state index is 0.182. The molecule has 0 spiro atoms. The van der Waals surface area contributed by atoms with Gasteiger partial charge in [0.15, 0.2) is 6.61 Å². The summed E-state index contributed by atoms with van der Waals surface area (Å²) in [7, 11) is 0. The van der Waals surface area contributed by atoms with Gasteiger partial charge in [0.1, 0.15) is 11.5 Å². The van der Waals surface area contributed by atoms with Crippen LogP contribution >= 0.6 is 31.9 Å². The van der Waals surface area contributed by atoms with Crippen LogP contribution in [0.15, 0.2) is 57.1 Å². The first-order valence-electron chi connectivity index (χ1n) is 9.14. The van der Waals surface area contributed by atoms with Crippen LogP contribution in [-0.4, -0.2) is 25.0 Å². The van der Waals surface area contributed by atoms with Crippen LogP contribution in [0.5, 0.6) is 11.5 Å². The lowest BCUT2D eigenvalue weighted by molar-refractivity contribution is -0.124. The van der Waals surface area contributed by atoms with E-state index >= 15 is 0 Å². The number of aryl methyl sites for hydroxylation is 1. The highest BCUT2D eigenvalue weighted by Crippen LogP contribution is 2.31. The first-order chi connectivity index (χ1) is 14.3. The summed E-state index contributed by atoms with van der Waals surface area (Å²) in [6.45, 7) is 5.89. The number of anilines is 1. The first-order valence-corrected chi connectivity index (χ1v) is 10.7. The molecule has 0 radical (unpaired) electrons. The highest BCUT2D eigenvalue weighted by molar-refractivity contribution is 9.11. The molecule has 30 heavy (non-hydrogen) atoms. The van der Waals surface area contributed by atoms with Crippen molar-refractivity contribution in [3.8, 4) is 11.5 Å². The highest BCUT2D eigenvalue weighted by atomic mass is 79.9. The topological polar surface area (TPSA) is 88.7 Å². The molecule has 2 amide bonds. The molecule has 7 nitrogen and oxygen atoms in total. The van der Waals surface area contributed by atoms with Crippen molar-refractivity contribution in [3.63, 3.8) is 0 Å². The van der Waals surface area contributed by atoms with Crippen molar-refractivity contribution >= 4 is 49.4 Å². The minimum atomic E-state index is -0.387. The van der Waals surface area contributed by atoms with Gasteiger partial charge in [-0.1, -0.05) is 15.9 Å². The van der Waals surface area contributed by atoms with E-state index < -0.39 is 0 Å². The molecule has 0 aromatic heterocycles. The molecule has 160 valence electrons. The van der Waals surface area contributed by atoms with E-state index in [0.29, 0.717) is 23.7 Å². The summed E-state index contributed by atoms with van der Waals surface area (Å²) in [4.78, 5) is 24.1. The Morgan fingerprint density at radius 2 is 1.73 bits per heavy atom. The van der Waals surface area contributed by atoms with E-state index in [0.717, 1.165) is 20.3 Å². The molecule has 0 aliphatic rings. The van der Waals surface area contributed by atoms with E-state index in [1.54, 1.807) is 31.2 Å². The van der Waals surface area contributed by atoms with Crippen LogP contribution in [-0.2, 0) is 9.59 Å². The van der Waals surface area contributed by atoms with E-state index in [-0.39, 0.29) is 18.4 Å². The number of hydrogen-bond donors (Lipinski definition) is 3. The van der Waals surface area contributed by atoms with Crippen LogP contribution in [0.25, 0.3) is 0 Å². The van der Waals surface area contributed by atoms with Crippen LogP contribution in [0.2, 0.25) is 0 Å². The van der Waals surface area contributed by atoms with Crippen LogP contribution in [0.3, 0.4) is 0 Å². The molecule has 0 saturated carbocycles. The van der Waals surface area contributed by atoms with E-state index in [1.165, 1.54) is 6.08 Å². The molecule has 3 N–H and O–H groups in total. The van der Waals surface area contributed by atoms with Crippen LogP contribution in [0, 0.1) is 6.92 Å². The predicted molar refractivity (Wildman–Crippen MR) is 123 cm³/mol. The third-order valence-electron chi connectivity index (χ3n) is 3.75. The standard InChI is InChI=1S/C21H23Br2N3O4/c1-4-29-16-7-5-15(6-8-16)24-20(27)10-14(3)25-26-21(28)12-30-19-9-13(2)17(22)11-18(19)23/h5-11,25H,4,12H2,1-3H3,(H,24,27)(H,26,28). The summed E-state index contributed by atoms with van der Waals surface area (Å²) in [5, 5.41) is 2.74. The zero-order valence-corrected chi connectivity index (χ0v) is 20.0. The van der Waals surface area contributed by atoms with Gasteiger partial charge in [-0.05, 0) is 78.7 Å². The molecule has 0 saturated heterocycles. The van der Waals surface area contributed by atoms with Crippen molar-refractivity contribution in [2.24, 2.45) is 0 Å². The fourth-order valence-corrected chi connectivity index (χ4v) is 3.41. The molecular formula is C21H23Br2N3O4. The average molecular weight is 541 g/mol. The van der Waals surface area contributed by atoms with E-state index in [2.05, 4.69) is 48.0 Å². The fourth-order valence-electron chi connectivity index (χ4n) is 2.30. The van der Waals surface area contributed by atoms with Crippen molar-refractivity contribution in [1.82, 2.24) is 10.9 Å². The lowest BCUT2D eigenvalue weighted by Crippen LogP contribution is -2.39. The lowest BCUT2D eigenvalue weighted by Gasteiger charge is -2.12. The number of carbonyl (C=O) groups is 2. The Labute approximate surface area is 192 Å². The van der Waals surface area contributed by atoms with E-state index in [1.807, 2.05) is 26.0 Å². The van der Waals surface area contributed by atoms with Gasteiger partial charge in [-0.2, -0.15) is 0 Å². The predicted octanol–water partition coefficient (Wildman–Crippen LogP) is 4.46. The number of benzene rings is 2. The molecule has 0 bridgehead atoms. The van der Waals surface area contributed by atoms with E-state index in [4.69, 9.17) is 9.47 Å². The van der Waals surface area contributed by atoms with Crippen LogP contribution in [0.1, 0.15) is 19.4 Å². The number of allylic oxidation sites excluding steroid dienone is 1. The molecule has 0 aliphatic heterocycles. The number of carbonyl (C=O) groups excluding carboxylic acids is 2. The van der Waals surface area contributed by atoms with Crippen molar-refractivity contribution in [3.05, 3.63) is 62.7 Å². The molecule has 2 rings (SSSR count). The molecular weight excluding hydrogens is 518 g/mol. The quantitative estimate of drug-likeness (QED) is 0.323. The molecule has 0 unspecified atom stereocenters. The Morgan fingerprint density at radius 3 is 2.40 bits per heavy atom. The second kappa shape index (κ2) is 11.6. The average Bonchev–Trinajstić information content (AvgIpc) is 2.69. The third-order valence-corrected chi connectivity index (χ3v) is 5.23. The van der Waals surface area contributed by atoms with Gasteiger partial charge in [-0.3, -0.25) is 15.0 Å². The van der Waals surface area contributed by atoms with Gasteiger partial charge < -0.3 is 20.2 Å². The van der Waals surface area contributed by atoms with Crippen molar-refractivity contribution in [1.29, 1.82) is 0 Å². The normalized spacial score (nSPS) is 10.9. The van der Waals surface area contributed by atoms with Crippen molar-refractivity contribution < 1.29 is 19.1 Å². The number of ether oxygens (including phenoxy) is 2. The summed E-state index contributed by atoms with van der Waals surface area (Å²) in [6, 6.07) is 10.7. The number of amides is 2. The molecule has 2 aromatic rings. The first kappa shape index (κ1) is 23.8. The summed E-state index contributed by atoms with van der Waals surface area (Å²) < 4.78 is 12.6. The molecule has 0 fully saturated rings. The molecule has 2 aromatic carbocycles. The summed E-state index contributed by atoms with van der Waals surface area (Å²) >= 11 is 6.83. The number of rotatable bonds is 9. The largest absolute Gasteiger partial charge is 0.494 e. The van der Waals surface area contributed by atoms with Gasteiger partial charge in [0.25, 0.3) is 5.91 Å². The Kier molecular flexibility index (Phi) is 9.19. The molecule has 9 heteroatoms. The maximum Gasteiger partial charge on any atom is 0.276 e. The maximum absolute atomic E-state index is 12.1. The zero-order chi connectivity index (χ0) is 22.1. The monoisotopic (exact) mass is 539 g/mol. The van der Waals surface area contributed by atoms with E-state index in [9.17, 15) is 9.59 Å². The van der Waals surface area contributed by atoms with Gasteiger partial charge in [-0.15, -0.1) is 0 Å². The van der Waals surface area contributed by atoms with Crippen molar-refractivity contribution in [2.75, 3.05) is 18.5 Å². The molecule has 0 aliphatic carbocycles. The molecule has 0 atom stereocenters. The number of halogens is 2. The van der Waals surface area contributed by atoms with Crippen LogP contribution in [0.4, 0.5) is 5.69 Å². The Balaban J connectivity index is 1.79. The number of nitrogens with one attached hydrogen (secondary N) is 3. The smallest absolute Gasteiger partial charge is 0.276 e. The Bertz CT molecular complexity index is 931. The van der Waals surface area contributed by atoms with Gasteiger partial charge in [-0.25, -0.2) is 0 Å². The number of hydrazine groups is 1. The summed E-state index contributed by atoms with van der Waals surface area (Å²) in [6.07, 6.45) is 1.34.